The van der Waals surface area contributed by atoms with Gasteiger partial charge < -0.3 is 15.4 Å². The second-order valence-electron chi connectivity index (χ2n) is 9.36. The Balaban J connectivity index is 1.39. The van der Waals surface area contributed by atoms with Gasteiger partial charge in [0.25, 0.3) is 0 Å². The number of nitrogen functional groups attached to an aromatic ring is 1. The molecule has 2 aromatic heterocycles. The van der Waals surface area contributed by atoms with Crippen LogP contribution in [0.2, 0.25) is 0 Å². The highest BCUT2D eigenvalue weighted by Gasteiger charge is 2.48. The summed E-state index contributed by atoms with van der Waals surface area (Å²) >= 11 is 0. The minimum atomic E-state index is -2.95. The van der Waals surface area contributed by atoms with Crippen LogP contribution >= 0.6 is 0 Å². The molecule has 9 heteroatoms. The fourth-order valence-corrected chi connectivity index (χ4v) is 5.17. The van der Waals surface area contributed by atoms with Gasteiger partial charge in [0.05, 0.1) is 11.4 Å². The summed E-state index contributed by atoms with van der Waals surface area (Å²) in [7, 11) is 2.19. The number of ether oxygens (including phenoxy) is 1. The summed E-state index contributed by atoms with van der Waals surface area (Å²) in [6, 6.07) is 4.36. The lowest BCUT2D eigenvalue weighted by molar-refractivity contribution is -0.0494. The maximum Gasteiger partial charge on any atom is 0.387 e. The normalized spacial score (nSPS) is 24.0. The molecular formula is C23H30F2N6O. The van der Waals surface area contributed by atoms with Crippen molar-refractivity contribution in [2.75, 3.05) is 39.0 Å². The Morgan fingerprint density at radius 3 is 2.53 bits per heavy atom. The number of allylic oxidation sites excluding steroid dienone is 1. The van der Waals surface area contributed by atoms with E-state index < -0.39 is 6.61 Å². The van der Waals surface area contributed by atoms with Crippen LogP contribution in [0.1, 0.15) is 38.4 Å². The fourth-order valence-electron chi connectivity index (χ4n) is 5.17. The summed E-state index contributed by atoms with van der Waals surface area (Å²) in [4.78, 5) is 9.06. The number of alkyl halides is 2. The fraction of sp³-hybridized carbons (Fsp3) is 0.565. The zero-order chi connectivity index (χ0) is 22.6. The second kappa shape index (κ2) is 8.12. The predicted octanol–water partition coefficient (Wildman–Crippen LogP) is 3.50. The van der Waals surface area contributed by atoms with E-state index in [-0.39, 0.29) is 17.6 Å². The number of rotatable bonds is 6. The number of piperazine rings is 1. The van der Waals surface area contributed by atoms with E-state index in [2.05, 4.69) is 40.4 Å². The average Bonchev–Trinajstić information content (AvgIpc) is 3.09. The zero-order valence-electron chi connectivity index (χ0n) is 18.8. The van der Waals surface area contributed by atoms with E-state index >= 15 is 0 Å². The Labute approximate surface area is 186 Å². The van der Waals surface area contributed by atoms with Crippen molar-refractivity contribution >= 4 is 11.4 Å². The predicted molar refractivity (Wildman–Crippen MR) is 119 cm³/mol. The van der Waals surface area contributed by atoms with Crippen LogP contribution in [0.15, 0.2) is 23.9 Å². The van der Waals surface area contributed by atoms with Gasteiger partial charge in [0, 0.05) is 55.9 Å². The molecule has 3 aliphatic rings. The first kappa shape index (κ1) is 21.3. The first-order valence-corrected chi connectivity index (χ1v) is 11.3. The highest BCUT2D eigenvalue weighted by molar-refractivity contribution is 5.87. The highest BCUT2D eigenvalue weighted by Crippen LogP contribution is 2.58. The minimum absolute atomic E-state index is 0.0610. The Morgan fingerprint density at radius 1 is 1.16 bits per heavy atom. The molecule has 32 heavy (non-hydrogen) atoms. The molecule has 172 valence electrons. The molecule has 5 rings (SSSR count). The smallest absolute Gasteiger partial charge is 0.387 e. The number of anilines is 1. The summed E-state index contributed by atoms with van der Waals surface area (Å²) < 4.78 is 32.0. The molecule has 0 aromatic carbocycles. The van der Waals surface area contributed by atoms with Gasteiger partial charge in [0.15, 0.2) is 11.6 Å². The maximum atomic E-state index is 12.7. The van der Waals surface area contributed by atoms with Gasteiger partial charge in [-0.3, -0.25) is 9.58 Å². The lowest BCUT2D eigenvalue weighted by atomic mass is 10.1. The second-order valence-corrected chi connectivity index (χ2v) is 9.36. The number of nitrogens with two attached hydrogens (primary N) is 1. The van der Waals surface area contributed by atoms with Crippen molar-refractivity contribution in [3.8, 4) is 17.0 Å². The first-order chi connectivity index (χ1) is 15.3. The third-order valence-electron chi connectivity index (χ3n) is 6.94. The summed E-state index contributed by atoms with van der Waals surface area (Å²) in [6.07, 6.45) is 3.88. The molecule has 1 aliphatic heterocycles. The molecule has 2 fully saturated rings. The number of fused-ring (bicyclic) bond motifs is 1. The van der Waals surface area contributed by atoms with Gasteiger partial charge in [-0.1, -0.05) is 5.57 Å². The maximum absolute atomic E-state index is 12.7. The quantitative estimate of drug-likeness (QED) is 0.735. The summed E-state index contributed by atoms with van der Waals surface area (Å²) in [6.45, 7) is 5.83. The van der Waals surface area contributed by atoms with E-state index in [9.17, 15) is 8.78 Å². The summed E-state index contributed by atoms with van der Waals surface area (Å²) in [5, 5.41) is 4.78. The van der Waals surface area contributed by atoms with Gasteiger partial charge in [-0.25, -0.2) is 4.98 Å². The monoisotopic (exact) mass is 444 g/mol. The van der Waals surface area contributed by atoms with Crippen LogP contribution in [0.3, 0.4) is 0 Å². The van der Waals surface area contributed by atoms with E-state index in [0.717, 1.165) is 38.3 Å². The molecule has 0 radical (unpaired) electrons. The van der Waals surface area contributed by atoms with E-state index in [0.29, 0.717) is 23.2 Å². The first-order valence-electron chi connectivity index (χ1n) is 11.3. The Morgan fingerprint density at radius 2 is 1.91 bits per heavy atom. The van der Waals surface area contributed by atoms with E-state index in [1.807, 2.05) is 10.7 Å². The molecule has 3 heterocycles. The highest BCUT2D eigenvalue weighted by atomic mass is 19.3. The van der Waals surface area contributed by atoms with Gasteiger partial charge in [0.2, 0.25) is 0 Å². The molecule has 0 unspecified atom stereocenters. The molecular weight excluding hydrogens is 414 g/mol. The van der Waals surface area contributed by atoms with E-state index in [4.69, 9.17) is 10.8 Å². The number of hydrogen-bond acceptors (Lipinski definition) is 6. The topological polar surface area (TPSA) is 72.4 Å². The molecule has 7 nitrogen and oxygen atoms in total. The molecule has 1 saturated heterocycles. The van der Waals surface area contributed by atoms with Crippen LogP contribution in [-0.4, -0.2) is 70.4 Å². The van der Waals surface area contributed by atoms with E-state index in [1.54, 1.807) is 11.8 Å². The van der Waals surface area contributed by atoms with Crippen LogP contribution in [0, 0.1) is 5.92 Å². The minimum Gasteiger partial charge on any atom is -0.431 e. The van der Waals surface area contributed by atoms with Crippen molar-refractivity contribution in [3.63, 3.8) is 0 Å². The van der Waals surface area contributed by atoms with Crippen molar-refractivity contribution in [1.29, 1.82) is 0 Å². The molecule has 2 atom stereocenters. The van der Waals surface area contributed by atoms with Crippen molar-refractivity contribution in [1.82, 2.24) is 24.6 Å². The standard InChI is InChI=1S/C23H30F2N6O/c1-13(2)31-19(11-18(28-31)14-8-20(32-23(24)25)22(26)27-12-14)21-16-9-15(10-17(16)21)30-6-4-29(3)5-7-30/h8,11-13,15-16,23H,4-7,9-10H2,1-3H3,(H2,26,27)/t15-,16+/m0/s1. The van der Waals surface area contributed by atoms with Crippen molar-refractivity contribution < 1.29 is 13.5 Å². The number of aromatic nitrogens is 3. The summed E-state index contributed by atoms with van der Waals surface area (Å²) in [5.41, 5.74) is 11.1. The van der Waals surface area contributed by atoms with Crippen molar-refractivity contribution in [2.24, 2.45) is 5.92 Å². The van der Waals surface area contributed by atoms with Crippen LogP contribution in [0.4, 0.5) is 14.6 Å². The number of likely N-dealkylation sites (N-methyl/N-ethyl adjacent to an activating group) is 1. The molecule has 0 spiro atoms. The zero-order valence-corrected chi connectivity index (χ0v) is 18.8. The lowest BCUT2D eigenvalue weighted by Crippen LogP contribution is -2.48. The van der Waals surface area contributed by atoms with Gasteiger partial charge in [-0.05, 0) is 51.4 Å². The van der Waals surface area contributed by atoms with Crippen LogP contribution < -0.4 is 10.5 Å². The summed E-state index contributed by atoms with van der Waals surface area (Å²) in [5.74, 6) is 0.358. The van der Waals surface area contributed by atoms with Crippen molar-refractivity contribution in [3.05, 3.63) is 29.6 Å². The van der Waals surface area contributed by atoms with Crippen LogP contribution in [0.25, 0.3) is 16.8 Å². The number of hydrogen-bond donors (Lipinski definition) is 1. The van der Waals surface area contributed by atoms with Gasteiger partial charge in [-0.15, -0.1) is 0 Å². The van der Waals surface area contributed by atoms with E-state index in [1.165, 1.54) is 18.1 Å². The third kappa shape index (κ3) is 3.88. The Hall–Kier alpha value is -2.52. The number of halogens is 2. The number of nitrogens with zero attached hydrogens (tertiary/aromatic N) is 5. The molecule has 1 saturated carbocycles. The largest absolute Gasteiger partial charge is 0.431 e. The SMILES string of the molecule is CC(C)n1nc(-c2cnc(N)c(OC(F)F)c2)cc1C1=C2C[C@@H](N3CCN(C)CC3)C[C@H]21. The molecule has 2 N–H and O–H groups in total. The molecule has 2 aliphatic carbocycles. The molecule has 0 amide bonds. The average molecular weight is 445 g/mol. The van der Waals surface area contributed by atoms with Gasteiger partial charge in [0.1, 0.15) is 0 Å². The Bertz CT molecular complexity index is 1040. The number of pyridine rings is 1. The van der Waals surface area contributed by atoms with Crippen LogP contribution in [-0.2, 0) is 0 Å². The Kier molecular flexibility index (Phi) is 5.41. The van der Waals surface area contributed by atoms with Crippen LogP contribution in [0.5, 0.6) is 5.75 Å². The third-order valence-corrected chi connectivity index (χ3v) is 6.94. The van der Waals surface area contributed by atoms with Crippen molar-refractivity contribution in [2.45, 2.75) is 45.4 Å². The molecule has 2 aromatic rings. The lowest BCUT2D eigenvalue weighted by Gasteiger charge is -2.36. The van der Waals surface area contributed by atoms with Gasteiger partial charge in [-0.2, -0.15) is 13.9 Å². The van der Waals surface area contributed by atoms with Gasteiger partial charge >= 0.3 is 6.61 Å². The molecule has 0 bridgehead atoms.